The highest BCUT2D eigenvalue weighted by atomic mass is 16.7. The summed E-state index contributed by atoms with van der Waals surface area (Å²) < 4.78 is 10.6. The first-order valence-electron chi connectivity index (χ1n) is 3.73. The van der Waals surface area contributed by atoms with E-state index in [1.165, 1.54) is 0 Å². The maximum Gasteiger partial charge on any atom is 0.169 e. The molecule has 0 heterocycles. The van der Waals surface area contributed by atoms with Crippen molar-refractivity contribution >= 4 is 0 Å². The van der Waals surface area contributed by atoms with Gasteiger partial charge in [-0.3, -0.25) is 0 Å². The lowest BCUT2D eigenvalue weighted by Crippen LogP contribution is -2.38. The fourth-order valence-corrected chi connectivity index (χ4v) is 1.25. The van der Waals surface area contributed by atoms with Crippen molar-refractivity contribution in [3.05, 3.63) is 0 Å². The lowest BCUT2D eigenvalue weighted by molar-refractivity contribution is -0.234. The van der Waals surface area contributed by atoms with E-state index in [1.807, 2.05) is 0 Å². The van der Waals surface area contributed by atoms with Gasteiger partial charge in [-0.2, -0.15) is 0 Å². The van der Waals surface area contributed by atoms with Crippen LogP contribution < -0.4 is 0 Å². The van der Waals surface area contributed by atoms with Crippen LogP contribution in [0.5, 0.6) is 0 Å². The second-order valence-electron chi connectivity index (χ2n) is 2.73. The summed E-state index contributed by atoms with van der Waals surface area (Å²) in [5, 5.41) is 0. The van der Waals surface area contributed by atoms with Crippen molar-refractivity contribution in [2.45, 2.75) is 33.0 Å². The van der Waals surface area contributed by atoms with Gasteiger partial charge in [0.1, 0.15) is 0 Å². The fourth-order valence-electron chi connectivity index (χ4n) is 1.25. The molecule has 62 valence electrons. The number of rotatable bonds is 4. The molecule has 0 rings (SSSR count). The summed E-state index contributed by atoms with van der Waals surface area (Å²) in [4.78, 5) is 0. The maximum atomic E-state index is 5.28. The summed E-state index contributed by atoms with van der Waals surface area (Å²) in [5.74, 6) is 0.0208. The van der Waals surface area contributed by atoms with Crippen LogP contribution in [0, 0.1) is 5.92 Å². The Bertz CT molecular complexity index is 77.0. The SMILES string of the molecule is CCC(OC)(OC)C(C)C. The van der Waals surface area contributed by atoms with E-state index in [0.717, 1.165) is 6.42 Å². The molecule has 0 bridgehead atoms. The fraction of sp³-hybridized carbons (Fsp3) is 1.00. The Morgan fingerprint density at radius 1 is 1.20 bits per heavy atom. The molecule has 0 amide bonds. The van der Waals surface area contributed by atoms with E-state index in [2.05, 4.69) is 20.8 Å². The molecule has 0 unspecified atom stereocenters. The van der Waals surface area contributed by atoms with Crippen LogP contribution in [-0.2, 0) is 9.47 Å². The first kappa shape index (κ1) is 9.92. The molecule has 0 spiro atoms. The third-order valence-electron chi connectivity index (χ3n) is 2.06. The van der Waals surface area contributed by atoms with Gasteiger partial charge < -0.3 is 9.47 Å². The van der Waals surface area contributed by atoms with Crippen LogP contribution >= 0.6 is 0 Å². The van der Waals surface area contributed by atoms with Crippen LogP contribution in [0.3, 0.4) is 0 Å². The summed E-state index contributed by atoms with van der Waals surface area (Å²) in [6.07, 6.45) is 0.887. The van der Waals surface area contributed by atoms with Gasteiger partial charge in [-0.05, 0) is 6.42 Å². The molecule has 0 atom stereocenters. The Kier molecular flexibility index (Phi) is 3.91. The summed E-state index contributed by atoms with van der Waals surface area (Å²) >= 11 is 0. The van der Waals surface area contributed by atoms with Crippen molar-refractivity contribution in [2.24, 2.45) is 5.92 Å². The normalized spacial score (nSPS) is 12.6. The van der Waals surface area contributed by atoms with Crippen LogP contribution in [-0.4, -0.2) is 20.0 Å². The average Bonchev–Trinajstić information content (AvgIpc) is 1.92. The van der Waals surface area contributed by atoms with Gasteiger partial charge >= 0.3 is 0 Å². The van der Waals surface area contributed by atoms with E-state index < -0.39 is 0 Å². The maximum absolute atomic E-state index is 5.28. The molecule has 0 aliphatic carbocycles. The Morgan fingerprint density at radius 2 is 1.60 bits per heavy atom. The Labute approximate surface area is 63.5 Å². The molecular weight excluding hydrogens is 128 g/mol. The largest absolute Gasteiger partial charge is 0.353 e. The Hall–Kier alpha value is -0.0800. The van der Waals surface area contributed by atoms with Gasteiger partial charge in [0.05, 0.1) is 0 Å². The van der Waals surface area contributed by atoms with Crippen LogP contribution in [0.15, 0.2) is 0 Å². The molecule has 0 fully saturated rings. The first-order chi connectivity index (χ1) is 4.63. The number of methoxy groups -OCH3 is 2. The third kappa shape index (κ3) is 1.70. The topological polar surface area (TPSA) is 18.5 Å². The molecule has 0 aliphatic rings. The van der Waals surface area contributed by atoms with E-state index in [4.69, 9.17) is 9.47 Å². The summed E-state index contributed by atoms with van der Waals surface area (Å²) in [6.45, 7) is 6.25. The zero-order valence-electron chi connectivity index (χ0n) is 7.60. The molecule has 0 aliphatic heterocycles. The summed E-state index contributed by atoms with van der Waals surface area (Å²) in [6, 6.07) is 0. The van der Waals surface area contributed by atoms with E-state index in [0.29, 0.717) is 5.92 Å². The van der Waals surface area contributed by atoms with Crippen molar-refractivity contribution in [3.63, 3.8) is 0 Å². The van der Waals surface area contributed by atoms with Crippen LogP contribution in [0.1, 0.15) is 27.2 Å². The molecule has 0 saturated heterocycles. The summed E-state index contributed by atoms with van der Waals surface area (Å²) in [5.41, 5.74) is 0. The molecular formula is C8H18O2. The quantitative estimate of drug-likeness (QED) is 0.565. The van der Waals surface area contributed by atoms with Gasteiger partial charge in [-0.1, -0.05) is 20.8 Å². The number of hydrogen-bond donors (Lipinski definition) is 0. The molecule has 0 saturated carbocycles. The van der Waals surface area contributed by atoms with E-state index in [1.54, 1.807) is 14.2 Å². The predicted molar refractivity (Wildman–Crippen MR) is 41.9 cm³/mol. The van der Waals surface area contributed by atoms with Crippen molar-refractivity contribution < 1.29 is 9.47 Å². The zero-order chi connectivity index (χ0) is 8.20. The lowest BCUT2D eigenvalue weighted by atomic mass is 10.0. The smallest absolute Gasteiger partial charge is 0.169 e. The van der Waals surface area contributed by atoms with Gasteiger partial charge in [-0.25, -0.2) is 0 Å². The van der Waals surface area contributed by atoms with Crippen molar-refractivity contribution in [1.29, 1.82) is 0 Å². The highest BCUT2D eigenvalue weighted by molar-refractivity contribution is 4.70. The van der Waals surface area contributed by atoms with Crippen LogP contribution in [0.2, 0.25) is 0 Å². The second kappa shape index (κ2) is 3.94. The molecule has 10 heavy (non-hydrogen) atoms. The van der Waals surface area contributed by atoms with Gasteiger partial charge in [0.25, 0.3) is 0 Å². The molecule has 2 heteroatoms. The lowest BCUT2D eigenvalue weighted by Gasteiger charge is -2.33. The van der Waals surface area contributed by atoms with Crippen molar-refractivity contribution in [1.82, 2.24) is 0 Å². The van der Waals surface area contributed by atoms with E-state index >= 15 is 0 Å². The second-order valence-corrected chi connectivity index (χ2v) is 2.73. The Balaban J connectivity index is 4.15. The molecule has 0 aromatic heterocycles. The zero-order valence-corrected chi connectivity index (χ0v) is 7.60. The van der Waals surface area contributed by atoms with Crippen LogP contribution in [0.25, 0.3) is 0 Å². The van der Waals surface area contributed by atoms with Gasteiger partial charge in [0.2, 0.25) is 0 Å². The molecule has 0 N–H and O–H groups in total. The monoisotopic (exact) mass is 146 g/mol. The van der Waals surface area contributed by atoms with E-state index in [9.17, 15) is 0 Å². The minimum atomic E-state index is -0.375. The minimum absolute atomic E-state index is 0.375. The molecule has 0 radical (unpaired) electrons. The third-order valence-corrected chi connectivity index (χ3v) is 2.06. The van der Waals surface area contributed by atoms with E-state index in [-0.39, 0.29) is 5.79 Å². The van der Waals surface area contributed by atoms with Crippen molar-refractivity contribution in [3.8, 4) is 0 Å². The van der Waals surface area contributed by atoms with Gasteiger partial charge in [0, 0.05) is 20.1 Å². The first-order valence-corrected chi connectivity index (χ1v) is 3.73. The number of hydrogen-bond acceptors (Lipinski definition) is 2. The average molecular weight is 146 g/mol. The van der Waals surface area contributed by atoms with Crippen molar-refractivity contribution in [2.75, 3.05) is 14.2 Å². The summed E-state index contributed by atoms with van der Waals surface area (Å²) in [7, 11) is 3.38. The van der Waals surface area contributed by atoms with Crippen LogP contribution in [0.4, 0.5) is 0 Å². The molecule has 0 aromatic carbocycles. The Morgan fingerprint density at radius 3 is 1.60 bits per heavy atom. The van der Waals surface area contributed by atoms with Gasteiger partial charge in [0.15, 0.2) is 5.79 Å². The standard InChI is InChI=1S/C8H18O2/c1-6-8(9-4,10-5)7(2)3/h7H,6H2,1-5H3. The molecule has 2 nitrogen and oxygen atoms in total. The highest BCUT2D eigenvalue weighted by Gasteiger charge is 2.30. The van der Waals surface area contributed by atoms with Gasteiger partial charge in [-0.15, -0.1) is 0 Å². The number of ether oxygens (including phenoxy) is 2. The minimum Gasteiger partial charge on any atom is -0.353 e. The predicted octanol–water partition coefficient (Wildman–Crippen LogP) is 2.04. The molecule has 0 aromatic rings. The highest BCUT2D eigenvalue weighted by Crippen LogP contribution is 2.25.